The van der Waals surface area contributed by atoms with Gasteiger partial charge in [-0.15, -0.1) is 0 Å². The van der Waals surface area contributed by atoms with Gasteiger partial charge < -0.3 is 0 Å². The molecule has 1 amide bonds. The second-order valence-corrected chi connectivity index (χ2v) is 5.78. The van der Waals surface area contributed by atoms with Crippen molar-refractivity contribution in [2.75, 3.05) is 5.32 Å². The van der Waals surface area contributed by atoms with E-state index in [4.69, 9.17) is 0 Å². The highest BCUT2D eigenvalue weighted by molar-refractivity contribution is 5.95. The summed E-state index contributed by atoms with van der Waals surface area (Å²) in [5, 5.41) is 4.85. The molecule has 35 heavy (non-hydrogen) atoms. The predicted molar refractivity (Wildman–Crippen MR) is 67.9 cm³/mol. The Bertz CT molecular complexity index is 895. The van der Waals surface area contributed by atoms with Crippen molar-refractivity contribution in [3.05, 3.63) is 6.33 Å². The molecule has 0 saturated carbocycles. The minimum atomic E-state index is -8.08. The lowest BCUT2D eigenvalue weighted by Gasteiger charge is -2.40. The predicted octanol–water partition coefficient (Wildman–Crippen LogP) is 4.62. The van der Waals surface area contributed by atoms with Crippen LogP contribution in [0.3, 0.4) is 0 Å². The Morgan fingerprint density at radius 3 is 1.54 bits per heavy atom. The van der Waals surface area contributed by atoms with Crippen LogP contribution in [-0.2, 0) is 14.3 Å². The van der Waals surface area contributed by atoms with Gasteiger partial charge >= 0.3 is 54.3 Å². The molecule has 1 heterocycles. The highest BCUT2D eigenvalue weighted by Crippen LogP contribution is 2.56. The van der Waals surface area contributed by atoms with Crippen LogP contribution in [0.1, 0.15) is 0 Å². The quantitative estimate of drug-likeness (QED) is 0.452. The maximum absolute atomic E-state index is 14.1. The Hall–Kier alpha value is -2.66. The van der Waals surface area contributed by atoms with E-state index >= 15 is 0 Å². The molecule has 0 saturated heterocycles. The van der Waals surface area contributed by atoms with Crippen molar-refractivity contribution in [1.82, 2.24) is 15.2 Å². The van der Waals surface area contributed by atoms with Gasteiger partial charge in [-0.1, -0.05) is 0 Å². The molecule has 0 aliphatic heterocycles. The van der Waals surface area contributed by atoms with Crippen molar-refractivity contribution in [3.63, 3.8) is 0 Å². The van der Waals surface area contributed by atoms with Gasteiger partial charge in [-0.3, -0.25) is 19.6 Å². The maximum Gasteiger partial charge on any atom is 0.462 e. The van der Waals surface area contributed by atoms with Crippen LogP contribution >= 0.6 is 0 Å². The first kappa shape index (κ1) is 30.4. The molecule has 2 unspecified atom stereocenters. The summed E-state index contributed by atoms with van der Waals surface area (Å²) in [6.45, 7) is 0. The zero-order valence-corrected chi connectivity index (χ0v) is 15.1. The Morgan fingerprint density at radius 1 is 0.714 bits per heavy atom. The second kappa shape index (κ2) is 8.48. The van der Waals surface area contributed by atoms with E-state index in [2.05, 4.69) is 10.1 Å². The first-order valence-corrected chi connectivity index (χ1v) is 7.45. The summed E-state index contributed by atoms with van der Waals surface area (Å²) in [4.78, 5) is 14.2. The van der Waals surface area contributed by atoms with Gasteiger partial charge in [-0.25, -0.2) is 5.10 Å². The number of carbonyl (C=O) groups excluding carboxylic acids is 1. The molecule has 2 atom stereocenters. The third-order valence-electron chi connectivity index (χ3n) is 3.30. The summed E-state index contributed by atoms with van der Waals surface area (Å²) < 4.78 is 223. The van der Waals surface area contributed by atoms with Gasteiger partial charge in [0.2, 0.25) is 5.95 Å². The summed E-state index contributed by atoms with van der Waals surface area (Å²) in [7, 11) is 0. The molecule has 2 N–H and O–H groups in total. The van der Waals surface area contributed by atoms with Crippen molar-refractivity contribution in [2.24, 2.45) is 0 Å². The minimum absolute atomic E-state index is 0.353. The molecule has 0 bridgehead atoms. The molecule has 1 aromatic heterocycles. The summed E-state index contributed by atoms with van der Waals surface area (Å²) >= 11 is 0. The highest BCUT2D eigenvalue weighted by atomic mass is 19.4. The van der Waals surface area contributed by atoms with Gasteiger partial charge in [0.1, 0.15) is 6.33 Å². The first-order chi connectivity index (χ1) is 15.2. The molecule has 1 aromatic rings. The van der Waals surface area contributed by atoms with Gasteiger partial charge in [0.15, 0.2) is 0 Å². The van der Waals surface area contributed by atoms with E-state index in [1.165, 1.54) is 9.84 Å². The Kier molecular flexibility index (Phi) is 7.36. The van der Waals surface area contributed by atoms with Crippen LogP contribution in [-0.4, -0.2) is 69.5 Å². The van der Waals surface area contributed by atoms with Crippen LogP contribution in [0.2, 0.25) is 0 Å². The zero-order valence-electron chi connectivity index (χ0n) is 15.1. The molecule has 204 valence electrons. The van der Waals surface area contributed by atoms with E-state index in [0.29, 0.717) is 11.6 Å². The van der Waals surface area contributed by atoms with Crippen molar-refractivity contribution in [2.45, 2.75) is 48.4 Å². The Morgan fingerprint density at radius 2 is 1.20 bits per heavy atom. The number of amides is 1. The molecule has 0 aromatic carbocycles. The molecule has 7 nitrogen and oxygen atoms in total. The van der Waals surface area contributed by atoms with Crippen molar-refractivity contribution < 1.29 is 88.9 Å². The molecule has 1 rings (SSSR count). The van der Waals surface area contributed by atoms with E-state index in [9.17, 15) is 79.4 Å². The zero-order chi connectivity index (χ0) is 28.1. The normalized spacial score (nSPS) is 18.1. The molecule has 0 radical (unpaired) electrons. The molecule has 0 aliphatic carbocycles. The van der Waals surface area contributed by atoms with Gasteiger partial charge in [-0.05, 0) is 0 Å². The SMILES string of the molecule is O=C(Nc1ncn[nH]1)C(F)(OC(F)(F)C(F)(OC(F)(F)C(F)(F)C(F)(F)F)C(F)(F)F)C(F)(F)F. The van der Waals surface area contributed by atoms with Crippen LogP contribution in [0.25, 0.3) is 0 Å². The molecule has 24 heteroatoms. The van der Waals surface area contributed by atoms with E-state index in [1.54, 1.807) is 0 Å². The van der Waals surface area contributed by atoms with E-state index in [1.807, 2.05) is 4.74 Å². The molecule has 0 fully saturated rings. The highest BCUT2D eigenvalue weighted by Gasteiger charge is 2.85. The number of nitrogens with one attached hydrogen (secondary N) is 2. The van der Waals surface area contributed by atoms with Crippen LogP contribution in [0, 0.1) is 0 Å². The number of rotatable bonds is 8. The average molecular weight is 562 g/mol. The summed E-state index contributed by atoms with van der Waals surface area (Å²) in [5.41, 5.74) is 0. The van der Waals surface area contributed by atoms with Gasteiger partial charge in [0.25, 0.3) is 0 Å². The molecule has 0 spiro atoms. The number of H-pyrrole nitrogens is 1. The smallest absolute Gasteiger partial charge is 0.290 e. The van der Waals surface area contributed by atoms with E-state index in [-0.39, 0.29) is 0 Å². The monoisotopic (exact) mass is 562 g/mol. The van der Waals surface area contributed by atoms with E-state index in [0.717, 1.165) is 0 Å². The number of alkyl halides is 17. The molecule has 0 aliphatic rings. The van der Waals surface area contributed by atoms with Crippen molar-refractivity contribution in [3.8, 4) is 0 Å². The number of hydrogen-bond acceptors (Lipinski definition) is 5. The van der Waals surface area contributed by atoms with Crippen molar-refractivity contribution in [1.29, 1.82) is 0 Å². The number of ether oxygens (including phenoxy) is 2. The van der Waals surface area contributed by atoms with Gasteiger partial charge in [0, 0.05) is 0 Å². The standard InChI is InChI=1S/C11H3F17N4O3/c12-4(7(16,17)18,2(33)31-3-29-1-30-32-3)34-11(27,28)6(15,9(22,23)24)35-10(25,26)5(13,14)8(19,20)21/h1H,(H2,29,30,31,32,33). The lowest BCUT2D eigenvalue weighted by molar-refractivity contribution is -0.548. The third-order valence-corrected chi connectivity index (χ3v) is 3.30. The summed E-state index contributed by atoms with van der Waals surface area (Å²) in [6.07, 6.45) is -38.3. The number of halogens is 17. The number of aromatic amines is 1. The summed E-state index contributed by atoms with van der Waals surface area (Å²) in [5.74, 6) is -27.8. The number of nitrogens with zero attached hydrogens (tertiary/aromatic N) is 2. The van der Waals surface area contributed by atoms with Crippen LogP contribution < -0.4 is 5.32 Å². The first-order valence-electron chi connectivity index (χ1n) is 7.45. The fraction of sp³-hybridized carbons (Fsp3) is 0.727. The lowest BCUT2D eigenvalue weighted by Crippen LogP contribution is -2.68. The number of carbonyl (C=O) groups is 1. The number of hydrogen-bond donors (Lipinski definition) is 2. The van der Waals surface area contributed by atoms with Gasteiger partial charge in [-0.2, -0.15) is 84.7 Å². The van der Waals surface area contributed by atoms with E-state index < -0.39 is 60.2 Å². The second-order valence-electron chi connectivity index (χ2n) is 5.78. The molecular weight excluding hydrogens is 559 g/mol. The molecular formula is C11H3F17N4O3. The minimum Gasteiger partial charge on any atom is -0.290 e. The fourth-order valence-corrected chi connectivity index (χ4v) is 1.62. The van der Waals surface area contributed by atoms with Crippen LogP contribution in [0.15, 0.2) is 6.33 Å². The van der Waals surface area contributed by atoms with Crippen LogP contribution in [0.5, 0.6) is 0 Å². The van der Waals surface area contributed by atoms with Gasteiger partial charge in [0.05, 0.1) is 0 Å². The lowest BCUT2D eigenvalue weighted by atomic mass is 10.2. The van der Waals surface area contributed by atoms with Crippen LogP contribution in [0.4, 0.5) is 80.6 Å². The maximum atomic E-state index is 14.1. The Balaban J connectivity index is 3.60. The largest absolute Gasteiger partial charge is 0.462 e. The topological polar surface area (TPSA) is 89.1 Å². The fourth-order valence-electron chi connectivity index (χ4n) is 1.62. The summed E-state index contributed by atoms with van der Waals surface area (Å²) in [6, 6.07) is 0. The number of anilines is 1. The Labute approximate surface area is 177 Å². The van der Waals surface area contributed by atoms with Crippen molar-refractivity contribution >= 4 is 11.9 Å². The third kappa shape index (κ3) is 5.30. The number of aromatic nitrogens is 3. The average Bonchev–Trinajstić information content (AvgIpc) is 3.10.